The second kappa shape index (κ2) is 5.68. The zero-order valence-electron chi connectivity index (χ0n) is 10.4. The Morgan fingerprint density at radius 1 is 1.20 bits per heavy atom. The molecule has 2 aromatic carbocycles. The Balaban J connectivity index is 1.92. The van der Waals surface area contributed by atoms with Gasteiger partial charge >= 0.3 is 0 Å². The molecule has 1 aromatic heterocycles. The SMILES string of the molecule is O=C(Cc1csc2ccccc12)c1ccc(Cl)cc1Br. The Morgan fingerprint density at radius 2 is 2.00 bits per heavy atom. The van der Waals surface area contributed by atoms with Gasteiger partial charge in [0.05, 0.1) is 0 Å². The van der Waals surface area contributed by atoms with Crippen LogP contribution in [0.1, 0.15) is 15.9 Å². The van der Waals surface area contributed by atoms with Gasteiger partial charge in [-0.15, -0.1) is 11.3 Å². The Kier molecular flexibility index (Phi) is 3.92. The lowest BCUT2D eigenvalue weighted by atomic mass is 10.0. The number of ketones is 1. The Labute approximate surface area is 134 Å². The van der Waals surface area contributed by atoms with Crippen molar-refractivity contribution in [2.75, 3.05) is 0 Å². The summed E-state index contributed by atoms with van der Waals surface area (Å²) in [5, 5.41) is 3.84. The Hall–Kier alpha value is -1.16. The van der Waals surface area contributed by atoms with E-state index in [1.807, 2.05) is 12.1 Å². The van der Waals surface area contributed by atoms with Crippen LogP contribution in [0.25, 0.3) is 10.1 Å². The number of fused-ring (bicyclic) bond motifs is 1. The summed E-state index contributed by atoms with van der Waals surface area (Å²) >= 11 is 11.0. The zero-order valence-corrected chi connectivity index (χ0v) is 13.6. The summed E-state index contributed by atoms with van der Waals surface area (Å²) < 4.78 is 1.96. The standard InChI is InChI=1S/C16H10BrClOS/c17-14-8-11(18)5-6-13(14)15(19)7-10-9-20-16-4-2-1-3-12(10)16/h1-6,8-9H,7H2. The predicted molar refractivity (Wildman–Crippen MR) is 89.0 cm³/mol. The van der Waals surface area contributed by atoms with Crippen molar-refractivity contribution in [1.82, 2.24) is 0 Å². The Morgan fingerprint density at radius 3 is 2.80 bits per heavy atom. The van der Waals surface area contributed by atoms with Gasteiger partial charge in [0.25, 0.3) is 0 Å². The molecule has 0 N–H and O–H groups in total. The van der Waals surface area contributed by atoms with Crippen LogP contribution >= 0.6 is 38.9 Å². The zero-order chi connectivity index (χ0) is 14.1. The number of carbonyl (C=O) groups excluding carboxylic acids is 1. The fraction of sp³-hybridized carbons (Fsp3) is 0.0625. The van der Waals surface area contributed by atoms with E-state index in [2.05, 4.69) is 33.4 Å². The quantitative estimate of drug-likeness (QED) is 0.541. The minimum atomic E-state index is 0.0945. The van der Waals surface area contributed by atoms with E-state index in [0.717, 1.165) is 15.4 Å². The molecule has 100 valence electrons. The fourth-order valence-corrected chi connectivity index (χ4v) is 4.02. The van der Waals surface area contributed by atoms with Gasteiger partial charge in [0, 0.05) is 26.2 Å². The van der Waals surface area contributed by atoms with Crippen molar-refractivity contribution >= 4 is 54.7 Å². The molecule has 0 aliphatic carbocycles. The lowest BCUT2D eigenvalue weighted by molar-refractivity contribution is 0.0992. The maximum absolute atomic E-state index is 12.4. The lowest BCUT2D eigenvalue weighted by Crippen LogP contribution is -2.04. The van der Waals surface area contributed by atoms with E-state index in [1.165, 1.54) is 4.70 Å². The van der Waals surface area contributed by atoms with E-state index in [0.29, 0.717) is 17.0 Å². The van der Waals surface area contributed by atoms with E-state index in [-0.39, 0.29) is 5.78 Å². The first-order chi connectivity index (χ1) is 9.65. The van der Waals surface area contributed by atoms with Crippen LogP contribution in [0.4, 0.5) is 0 Å². The molecular formula is C16H10BrClOS. The number of hydrogen-bond donors (Lipinski definition) is 0. The minimum absolute atomic E-state index is 0.0945. The summed E-state index contributed by atoms with van der Waals surface area (Å²) in [5.74, 6) is 0.0945. The molecule has 0 fully saturated rings. The maximum Gasteiger partial charge on any atom is 0.168 e. The van der Waals surface area contributed by atoms with Gasteiger partial charge in [-0.1, -0.05) is 29.8 Å². The molecule has 0 radical (unpaired) electrons. The number of halogens is 2. The molecule has 0 aliphatic heterocycles. The van der Waals surface area contributed by atoms with E-state index >= 15 is 0 Å². The summed E-state index contributed by atoms with van der Waals surface area (Å²) in [6, 6.07) is 13.4. The number of rotatable bonds is 3. The van der Waals surface area contributed by atoms with Gasteiger partial charge in [0.15, 0.2) is 5.78 Å². The first-order valence-corrected chi connectivity index (χ1v) is 8.13. The number of benzene rings is 2. The van der Waals surface area contributed by atoms with Gasteiger partial charge in [-0.25, -0.2) is 0 Å². The number of Topliss-reactive ketones (excluding diaryl/α,β-unsaturated/α-hetero) is 1. The average Bonchev–Trinajstić information content (AvgIpc) is 2.82. The highest BCUT2D eigenvalue weighted by molar-refractivity contribution is 9.10. The number of thiophene rings is 1. The number of carbonyl (C=O) groups is 1. The van der Waals surface area contributed by atoms with Crippen molar-refractivity contribution in [3.05, 3.63) is 68.5 Å². The van der Waals surface area contributed by atoms with Crippen LogP contribution in [0.2, 0.25) is 5.02 Å². The van der Waals surface area contributed by atoms with Crippen LogP contribution in [-0.4, -0.2) is 5.78 Å². The van der Waals surface area contributed by atoms with Gasteiger partial charge in [-0.3, -0.25) is 4.79 Å². The summed E-state index contributed by atoms with van der Waals surface area (Å²) in [7, 11) is 0. The molecular weight excluding hydrogens is 356 g/mol. The van der Waals surface area contributed by atoms with Gasteiger partial charge in [0.1, 0.15) is 0 Å². The molecule has 0 amide bonds. The van der Waals surface area contributed by atoms with Crippen molar-refractivity contribution in [2.45, 2.75) is 6.42 Å². The second-order valence-corrected chi connectivity index (χ2v) is 6.68. The molecule has 0 saturated carbocycles. The van der Waals surface area contributed by atoms with Crippen LogP contribution in [0.3, 0.4) is 0 Å². The molecule has 4 heteroatoms. The second-order valence-electron chi connectivity index (χ2n) is 4.48. The van der Waals surface area contributed by atoms with Crippen LogP contribution in [0.5, 0.6) is 0 Å². The van der Waals surface area contributed by atoms with Gasteiger partial charge in [-0.05, 0) is 56.5 Å². The fourth-order valence-electron chi connectivity index (χ4n) is 2.15. The summed E-state index contributed by atoms with van der Waals surface area (Å²) in [6.07, 6.45) is 0.407. The molecule has 0 spiro atoms. The highest BCUT2D eigenvalue weighted by Gasteiger charge is 2.13. The number of hydrogen-bond acceptors (Lipinski definition) is 2. The largest absolute Gasteiger partial charge is 0.294 e. The van der Waals surface area contributed by atoms with E-state index in [9.17, 15) is 4.79 Å². The van der Waals surface area contributed by atoms with E-state index < -0.39 is 0 Å². The predicted octanol–water partition coefficient (Wildman–Crippen LogP) is 5.74. The molecule has 1 heterocycles. The maximum atomic E-state index is 12.4. The molecule has 1 nitrogen and oxygen atoms in total. The van der Waals surface area contributed by atoms with Crippen LogP contribution in [0.15, 0.2) is 52.3 Å². The summed E-state index contributed by atoms with van der Waals surface area (Å²) in [5.41, 5.74) is 1.75. The van der Waals surface area contributed by atoms with E-state index in [4.69, 9.17) is 11.6 Å². The third-order valence-corrected chi connectivity index (χ3v) is 5.05. The lowest BCUT2D eigenvalue weighted by Gasteiger charge is -2.04. The highest BCUT2D eigenvalue weighted by Crippen LogP contribution is 2.28. The normalized spacial score (nSPS) is 10.9. The first kappa shape index (κ1) is 13.8. The summed E-state index contributed by atoms with van der Waals surface area (Å²) in [6.45, 7) is 0. The van der Waals surface area contributed by atoms with Gasteiger partial charge < -0.3 is 0 Å². The summed E-state index contributed by atoms with van der Waals surface area (Å²) in [4.78, 5) is 12.4. The van der Waals surface area contributed by atoms with Crippen molar-refractivity contribution in [3.8, 4) is 0 Å². The van der Waals surface area contributed by atoms with E-state index in [1.54, 1.807) is 29.5 Å². The van der Waals surface area contributed by atoms with Gasteiger partial charge in [0.2, 0.25) is 0 Å². The Bertz CT molecular complexity index is 794. The molecule has 0 unspecified atom stereocenters. The van der Waals surface area contributed by atoms with Crippen molar-refractivity contribution in [1.29, 1.82) is 0 Å². The van der Waals surface area contributed by atoms with Crippen molar-refractivity contribution in [3.63, 3.8) is 0 Å². The monoisotopic (exact) mass is 364 g/mol. The molecule has 0 atom stereocenters. The van der Waals surface area contributed by atoms with Gasteiger partial charge in [-0.2, -0.15) is 0 Å². The van der Waals surface area contributed by atoms with Crippen molar-refractivity contribution < 1.29 is 4.79 Å². The smallest absolute Gasteiger partial charge is 0.168 e. The third kappa shape index (κ3) is 2.66. The van der Waals surface area contributed by atoms with Crippen LogP contribution < -0.4 is 0 Å². The van der Waals surface area contributed by atoms with Crippen molar-refractivity contribution in [2.24, 2.45) is 0 Å². The van der Waals surface area contributed by atoms with Crippen LogP contribution in [-0.2, 0) is 6.42 Å². The van der Waals surface area contributed by atoms with Crippen LogP contribution in [0, 0.1) is 0 Å². The first-order valence-electron chi connectivity index (χ1n) is 6.08. The highest BCUT2D eigenvalue weighted by atomic mass is 79.9. The molecule has 20 heavy (non-hydrogen) atoms. The topological polar surface area (TPSA) is 17.1 Å². The average molecular weight is 366 g/mol. The molecule has 0 saturated heterocycles. The minimum Gasteiger partial charge on any atom is -0.294 e. The molecule has 3 rings (SSSR count). The molecule has 0 aliphatic rings. The third-order valence-electron chi connectivity index (χ3n) is 3.14. The molecule has 0 bridgehead atoms. The molecule has 3 aromatic rings.